The van der Waals surface area contributed by atoms with Crippen LogP contribution in [0, 0.1) is 0 Å². The van der Waals surface area contributed by atoms with Gasteiger partial charge in [-0.05, 0) is 48.4 Å². The van der Waals surface area contributed by atoms with Gasteiger partial charge < -0.3 is 11.1 Å². The molecule has 0 aromatic heterocycles. The minimum absolute atomic E-state index is 0.397. The molecule has 0 aliphatic rings. The molecule has 1 atom stereocenters. The lowest BCUT2D eigenvalue weighted by atomic mass is 9.86. The van der Waals surface area contributed by atoms with E-state index in [4.69, 9.17) is 5.73 Å². The zero-order valence-electron chi connectivity index (χ0n) is 11.6. The van der Waals surface area contributed by atoms with Gasteiger partial charge in [-0.2, -0.15) is 0 Å². The SMILES string of the molecule is CCC(Nc1ccc(Br)cc1)(C(N)=O)c1cccc(Br)c1. The molecule has 2 rings (SSSR count). The van der Waals surface area contributed by atoms with Gasteiger partial charge in [-0.25, -0.2) is 0 Å². The molecule has 0 bridgehead atoms. The van der Waals surface area contributed by atoms with Gasteiger partial charge in [-0.3, -0.25) is 4.79 Å². The lowest BCUT2D eigenvalue weighted by Crippen LogP contribution is -2.47. The number of nitrogens with one attached hydrogen (secondary N) is 1. The Morgan fingerprint density at radius 1 is 1.14 bits per heavy atom. The van der Waals surface area contributed by atoms with Crippen LogP contribution < -0.4 is 11.1 Å². The van der Waals surface area contributed by atoms with Gasteiger partial charge in [0.1, 0.15) is 5.54 Å². The molecule has 1 unspecified atom stereocenters. The summed E-state index contributed by atoms with van der Waals surface area (Å²) in [7, 11) is 0. The van der Waals surface area contributed by atoms with E-state index < -0.39 is 11.4 Å². The first kappa shape index (κ1) is 16.0. The van der Waals surface area contributed by atoms with E-state index in [1.54, 1.807) is 0 Å². The molecule has 0 spiro atoms. The molecule has 0 aliphatic carbocycles. The van der Waals surface area contributed by atoms with Crippen LogP contribution in [-0.2, 0) is 10.3 Å². The van der Waals surface area contributed by atoms with Crippen LogP contribution in [0.15, 0.2) is 57.5 Å². The van der Waals surface area contributed by atoms with Crippen molar-refractivity contribution >= 4 is 43.5 Å². The second kappa shape index (κ2) is 6.62. The van der Waals surface area contributed by atoms with Crippen LogP contribution in [0.5, 0.6) is 0 Å². The Hall–Kier alpha value is -1.33. The molecule has 0 aliphatic heterocycles. The van der Waals surface area contributed by atoms with Crippen LogP contribution >= 0.6 is 31.9 Å². The molecule has 0 radical (unpaired) electrons. The number of halogens is 2. The molecule has 3 N–H and O–H groups in total. The van der Waals surface area contributed by atoms with Crippen LogP contribution in [0.1, 0.15) is 18.9 Å². The topological polar surface area (TPSA) is 55.1 Å². The summed E-state index contributed by atoms with van der Waals surface area (Å²) in [4.78, 5) is 12.2. The third-order valence-electron chi connectivity index (χ3n) is 3.47. The predicted molar refractivity (Wildman–Crippen MR) is 93.1 cm³/mol. The molecule has 0 fully saturated rings. The van der Waals surface area contributed by atoms with Gasteiger partial charge in [0.2, 0.25) is 5.91 Å². The third-order valence-corrected chi connectivity index (χ3v) is 4.49. The fourth-order valence-electron chi connectivity index (χ4n) is 2.28. The third kappa shape index (κ3) is 3.47. The highest BCUT2D eigenvalue weighted by molar-refractivity contribution is 9.10. The van der Waals surface area contributed by atoms with E-state index in [1.165, 1.54) is 0 Å². The van der Waals surface area contributed by atoms with Gasteiger partial charge in [0.05, 0.1) is 0 Å². The molecule has 3 nitrogen and oxygen atoms in total. The van der Waals surface area contributed by atoms with Crippen molar-refractivity contribution in [2.24, 2.45) is 5.73 Å². The standard InChI is InChI=1S/C16H16Br2N2O/c1-2-16(15(19)21,11-4-3-5-13(18)10-11)20-14-8-6-12(17)7-9-14/h3-10,20H,2H2,1H3,(H2,19,21). The number of amides is 1. The second-order valence-electron chi connectivity index (χ2n) is 4.77. The highest BCUT2D eigenvalue weighted by Crippen LogP contribution is 2.31. The van der Waals surface area contributed by atoms with E-state index in [0.29, 0.717) is 6.42 Å². The van der Waals surface area contributed by atoms with E-state index in [-0.39, 0.29) is 0 Å². The Morgan fingerprint density at radius 2 is 1.81 bits per heavy atom. The molecular formula is C16H16Br2N2O. The number of benzene rings is 2. The highest BCUT2D eigenvalue weighted by Gasteiger charge is 2.36. The van der Waals surface area contributed by atoms with Crippen molar-refractivity contribution in [3.63, 3.8) is 0 Å². The lowest BCUT2D eigenvalue weighted by Gasteiger charge is -2.32. The normalized spacial score (nSPS) is 13.5. The van der Waals surface area contributed by atoms with Crippen LogP contribution in [0.2, 0.25) is 0 Å². The molecular weight excluding hydrogens is 396 g/mol. The van der Waals surface area contributed by atoms with Crippen molar-refractivity contribution in [2.75, 3.05) is 5.32 Å². The minimum atomic E-state index is -0.933. The van der Waals surface area contributed by atoms with E-state index in [9.17, 15) is 4.79 Å². The molecule has 2 aromatic carbocycles. The van der Waals surface area contributed by atoms with E-state index >= 15 is 0 Å². The smallest absolute Gasteiger partial charge is 0.247 e. The highest BCUT2D eigenvalue weighted by atomic mass is 79.9. The number of anilines is 1. The van der Waals surface area contributed by atoms with Crippen LogP contribution in [0.25, 0.3) is 0 Å². The molecule has 5 heteroatoms. The number of rotatable bonds is 5. The summed E-state index contributed by atoms with van der Waals surface area (Å²) in [5, 5.41) is 3.30. The van der Waals surface area contributed by atoms with Crippen LogP contribution in [0.4, 0.5) is 5.69 Å². The summed E-state index contributed by atoms with van der Waals surface area (Å²) in [5.74, 6) is -0.397. The fourth-order valence-corrected chi connectivity index (χ4v) is 2.94. The summed E-state index contributed by atoms with van der Waals surface area (Å²) in [5.41, 5.74) is 6.47. The molecule has 0 saturated carbocycles. The predicted octanol–water partition coefficient (Wildman–Crippen LogP) is 4.41. The second-order valence-corrected chi connectivity index (χ2v) is 6.60. The molecule has 1 amide bonds. The van der Waals surface area contributed by atoms with Crippen molar-refractivity contribution in [3.05, 3.63) is 63.0 Å². The van der Waals surface area contributed by atoms with E-state index in [1.807, 2.05) is 55.5 Å². The first-order valence-electron chi connectivity index (χ1n) is 6.57. The molecule has 0 heterocycles. The summed E-state index contributed by atoms with van der Waals surface area (Å²) < 4.78 is 1.90. The number of carbonyl (C=O) groups is 1. The van der Waals surface area contributed by atoms with Crippen molar-refractivity contribution < 1.29 is 4.79 Å². The number of nitrogens with two attached hydrogens (primary N) is 1. The minimum Gasteiger partial charge on any atom is -0.368 e. The summed E-state index contributed by atoms with van der Waals surface area (Å²) in [6, 6.07) is 15.3. The first-order chi connectivity index (χ1) is 9.98. The molecule has 21 heavy (non-hydrogen) atoms. The largest absolute Gasteiger partial charge is 0.368 e. The molecule has 0 saturated heterocycles. The molecule has 110 valence electrons. The quantitative estimate of drug-likeness (QED) is 0.765. The van der Waals surface area contributed by atoms with Gasteiger partial charge in [0, 0.05) is 14.6 Å². The molecule has 2 aromatic rings. The Morgan fingerprint density at radius 3 is 2.33 bits per heavy atom. The Kier molecular flexibility index (Phi) is 5.06. The summed E-state index contributed by atoms with van der Waals surface area (Å²) in [6.45, 7) is 1.94. The van der Waals surface area contributed by atoms with E-state index in [2.05, 4.69) is 37.2 Å². The number of hydrogen-bond acceptors (Lipinski definition) is 2. The van der Waals surface area contributed by atoms with Crippen molar-refractivity contribution in [1.29, 1.82) is 0 Å². The van der Waals surface area contributed by atoms with Gasteiger partial charge in [-0.1, -0.05) is 50.9 Å². The maximum absolute atomic E-state index is 12.2. The monoisotopic (exact) mass is 410 g/mol. The number of hydrogen-bond donors (Lipinski definition) is 2. The lowest BCUT2D eigenvalue weighted by molar-refractivity contribution is -0.122. The van der Waals surface area contributed by atoms with Crippen LogP contribution in [0.3, 0.4) is 0 Å². The Labute approximate surface area is 141 Å². The van der Waals surface area contributed by atoms with Crippen LogP contribution in [-0.4, -0.2) is 5.91 Å². The van der Waals surface area contributed by atoms with Gasteiger partial charge in [0.25, 0.3) is 0 Å². The average molecular weight is 412 g/mol. The van der Waals surface area contributed by atoms with E-state index in [0.717, 1.165) is 20.2 Å². The zero-order chi connectivity index (χ0) is 15.5. The van der Waals surface area contributed by atoms with Crippen molar-refractivity contribution in [3.8, 4) is 0 Å². The van der Waals surface area contributed by atoms with Crippen molar-refractivity contribution in [2.45, 2.75) is 18.9 Å². The Bertz CT molecular complexity index is 643. The first-order valence-corrected chi connectivity index (χ1v) is 8.16. The maximum Gasteiger partial charge on any atom is 0.247 e. The average Bonchev–Trinajstić information content (AvgIpc) is 2.46. The van der Waals surface area contributed by atoms with Gasteiger partial charge in [0.15, 0.2) is 0 Å². The zero-order valence-corrected chi connectivity index (χ0v) is 14.7. The van der Waals surface area contributed by atoms with Gasteiger partial charge in [-0.15, -0.1) is 0 Å². The number of primary amides is 1. The summed E-state index contributed by atoms with van der Waals surface area (Å²) >= 11 is 6.84. The number of carbonyl (C=O) groups excluding carboxylic acids is 1. The maximum atomic E-state index is 12.2. The fraction of sp³-hybridized carbons (Fsp3) is 0.188. The van der Waals surface area contributed by atoms with Crippen molar-refractivity contribution in [1.82, 2.24) is 0 Å². The Balaban J connectivity index is 2.46. The summed E-state index contributed by atoms with van der Waals surface area (Å²) in [6.07, 6.45) is 0.550. The van der Waals surface area contributed by atoms with Gasteiger partial charge >= 0.3 is 0 Å².